The Balaban J connectivity index is 2.13. The van der Waals surface area contributed by atoms with E-state index in [4.69, 9.17) is 16.2 Å². The van der Waals surface area contributed by atoms with Crippen molar-refractivity contribution in [3.8, 4) is 0 Å². The van der Waals surface area contributed by atoms with Gasteiger partial charge in [-0.1, -0.05) is 0 Å². The minimum absolute atomic E-state index is 0.342. The molecule has 12 heavy (non-hydrogen) atoms. The first-order valence-electron chi connectivity index (χ1n) is 4.36. The van der Waals surface area contributed by atoms with Crippen molar-refractivity contribution in [3.05, 3.63) is 0 Å². The average molecular weight is 172 g/mol. The molecule has 4 nitrogen and oxygen atoms in total. The predicted molar refractivity (Wildman–Crippen MR) is 45.5 cm³/mol. The Kier molecular flexibility index (Phi) is 3.34. The lowest BCUT2D eigenvalue weighted by Gasteiger charge is -2.25. The molecule has 0 spiro atoms. The molecule has 4 heteroatoms. The number of carbonyl (C=O) groups excluding carboxylic acids is 1. The van der Waals surface area contributed by atoms with Crippen molar-refractivity contribution in [1.29, 1.82) is 0 Å². The van der Waals surface area contributed by atoms with Crippen molar-refractivity contribution in [2.45, 2.75) is 31.7 Å². The van der Waals surface area contributed by atoms with Crippen molar-refractivity contribution in [1.82, 2.24) is 0 Å². The fourth-order valence-electron chi connectivity index (χ4n) is 1.55. The maximum Gasteiger partial charge on any atom is 0.404 e. The quantitative estimate of drug-likeness (QED) is 0.640. The Morgan fingerprint density at radius 2 is 1.92 bits per heavy atom. The van der Waals surface area contributed by atoms with Gasteiger partial charge in [0.2, 0.25) is 0 Å². The van der Waals surface area contributed by atoms with E-state index in [1.807, 2.05) is 0 Å². The molecule has 0 radical (unpaired) electrons. The molecule has 0 aromatic heterocycles. The fraction of sp³-hybridized carbons (Fsp3) is 0.875. The van der Waals surface area contributed by atoms with Crippen molar-refractivity contribution in [2.24, 2.45) is 17.4 Å². The molecule has 0 unspecified atom stereocenters. The van der Waals surface area contributed by atoms with Gasteiger partial charge in [-0.2, -0.15) is 0 Å². The third kappa shape index (κ3) is 3.09. The Labute approximate surface area is 72.2 Å². The van der Waals surface area contributed by atoms with Crippen molar-refractivity contribution in [2.75, 3.05) is 6.61 Å². The van der Waals surface area contributed by atoms with E-state index in [1.54, 1.807) is 0 Å². The number of hydrogen-bond acceptors (Lipinski definition) is 3. The zero-order valence-corrected chi connectivity index (χ0v) is 7.16. The van der Waals surface area contributed by atoms with Gasteiger partial charge in [0.1, 0.15) is 0 Å². The second kappa shape index (κ2) is 4.30. The first kappa shape index (κ1) is 9.32. The van der Waals surface area contributed by atoms with Crippen LogP contribution in [-0.2, 0) is 4.74 Å². The molecule has 0 heterocycles. The van der Waals surface area contributed by atoms with Crippen LogP contribution in [0.25, 0.3) is 0 Å². The summed E-state index contributed by atoms with van der Waals surface area (Å²) in [5.74, 6) is 0.470. The molecule has 0 saturated heterocycles. The third-order valence-corrected chi connectivity index (χ3v) is 2.35. The number of nitrogens with two attached hydrogens (primary N) is 2. The molecule has 1 rings (SSSR count). The van der Waals surface area contributed by atoms with Crippen LogP contribution < -0.4 is 11.5 Å². The van der Waals surface area contributed by atoms with Gasteiger partial charge < -0.3 is 16.2 Å². The summed E-state index contributed by atoms with van der Waals surface area (Å²) in [6.07, 6.45) is 3.49. The van der Waals surface area contributed by atoms with Crippen molar-refractivity contribution >= 4 is 6.09 Å². The molecule has 4 N–H and O–H groups in total. The predicted octanol–water partition coefficient (Wildman–Crippen LogP) is 0.599. The minimum Gasteiger partial charge on any atom is -0.449 e. The van der Waals surface area contributed by atoms with Gasteiger partial charge in [-0.3, -0.25) is 0 Å². The molecule has 0 aromatic rings. The van der Waals surface area contributed by atoms with Crippen LogP contribution in [0.5, 0.6) is 0 Å². The summed E-state index contributed by atoms with van der Waals surface area (Å²) in [6.45, 7) is 0.460. The summed E-state index contributed by atoms with van der Waals surface area (Å²) in [4.78, 5) is 10.3. The lowest BCUT2D eigenvalue weighted by molar-refractivity contribution is 0.122. The van der Waals surface area contributed by atoms with Gasteiger partial charge in [-0.05, 0) is 31.6 Å². The van der Waals surface area contributed by atoms with Gasteiger partial charge in [-0.15, -0.1) is 0 Å². The summed E-state index contributed by atoms with van der Waals surface area (Å²) >= 11 is 0. The average Bonchev–Trinajstić information content (AvgIpc) is 2.03. The molecule has 0 aliphatic heterocycles. The zero-order chi connectivity index (χ0) is 8.97. The summed E-state index contributed by atoms with van der Waals surface area (Å²) in [5, 5.41) is 0. The molecule has 1 amide bonds. The Bertz CT molecular complexity index is 153. The van der Waals surface area contributed by atoms with E-state index >= 15 is 0 Å². The van der Waals surface area contributed by atoms with E-state index < -0.39 is 6.09 Å². The summed E-state index contributed by atoms with van der Waals surface area (Å²) in [6, 6.07) is 0.342. The van der Waals surface area contributed by atoms with Crippen LogP contribution in [0.15, 0.2) is 0 Å². The second-order valence-corrected chi connectivity index (χ2v) is 3.41. The molecule has 1 fully saturated rings. The molecule has 0 atom stereocenters. The highest BCUT2D eigenvalue weighted by Crippen LogP contribution is 2.22. The Morgan fingerprint density at radius 3 is 2.42 bits per heavy atom. The number of rotatable bonds is 2. The maximum absolute atomic E-state index is 10.3. The summed E-state index contributed by atoms with van der Waals surface area (Å²) in [7, 11) is 0. The highest BCUT2D eigenvalue weighted by molar-refractivity contribution is 5.64. The molecule has 0 aromatic carbocycles. The smallest absolute Gasteiger partial charge is 0.404 e. The lowest BCUT2D eigenvalue weighted by atomic mass is 9.87. The monoisotopic (exact) mass is 172 g/mol. The topological polar surface area (TPSA) is 78.3 Å². The SMILES string of the molecule is NC(=O)OC[C@H]1CC[C@H](N)CC1. The van der Waals surface area contributed by atoms with Crippen LogP contribution in [0.2, 0.25) is 0 Å². The summed E-state index contributed by atoms with van der Waals surface area (Å²) < 4.78 is 4.71. The van der Waals surface area contributed by atoms with Crippen LogP contribution in [0.1, 0.15) is 25.7 Å². The Hall–Kier alpha value is -0.770. The molecule has 70 valence electrons. The minimum atomic E-state index is -0.676. The first-order valence-corrected chi connectivity index (χ1v) is 4.36. The van der Waals surface area contributed by atoms with Gasteiger partial charge in [-0.25, -0.2) is 4.79 Å². The molecular formula is C8H16N2O2. The lowest BCUT2D eigenvalue weighted by Crippen LogP contribution is -2.29. The van der Waals surface area contributed by atoms with Crippen LogP contribution in [0, 0.1) is 5.92 Å². The van der Waals surface area contributed by atoms with Gasteiger partial charge >= 0.3 is 6.09 Å². The van der Waals surface area contributed by atoms with E-state index in [2.05, 4.69) is 0 Å². The van der Waals surface area contributed by atoms with E-state index in [-0.39, 0.29) is 0 Å². The van der Waals surface area contributed by atoms with Gasteiger partial charge in [0.25, 0.3) is 0 Å². The highest BCUT2D eigenvalue weighted by Gasteiger charge is 2.19. The van der Waals surface area contributed by atoms with Crippen molar-refractivity contribution in [3.63, 3.8) is 0 Å². The van der Waals surface area contributed by atoms with Crippen LogP contribution in [0.3, 0.4) is 0 Å². The van der Waals surface area contributed by atoms with E-state index in [9.17, 15) is 4.79 Å². The van der Waals surface area contributed by atoms with Gasteiger partial charge in [0, 0.05) is 6.04 Å². The van der Waals surface area contributed by atoms with Gasteiger partial charge in [0.05, 0.1) is 6.61 Å². The van der Waals surface area contributed by atoms with Crippen LogP contribution in [-0.4, -0.2) is 18.7 Å². The number of hydrogen-bond donors (Lipinski definition) is 2. The van der Waals surface area contributed by atoms with Gasteiger partial charge in [0.15, 0.2) is 0 Å². The number of carbonyl (C=O) groups is 1. The number of ether oxygens (including phenoxy) is 1. The molecular weight excluding hydrogens is 156 g/mol. The first-order chi connectivity index (χ1) is 5.68. The normalized spacial score (nSPS) is 29.8. The molecule has 1 saturated carbocycles. The maximum atomic E-state index is 10.3. The van der Waals surface area contributed by atoms with Crippen molar-refractivity contribution < 1.29 is 9.53 Å². The number of amides is 1. The largest absolute Gasteiger partial charge is 0.449 e. The molecule has 1 aliphatic rings. The number of primary amides is 1. The van der Waals surface area contributed by atoms with E-state index in [1.165, 1.54) is 0 Å². The van der Waals surface area contributed by atoms with E-state index in [0.29, 0.717) is 18.6 Å². The third-order valence-electron chi connectivity index (χ3n) is 2.35. The van der Waals surface area contributed by atoms with Crippen LogP contribution >= 0.6 is 0 Å². The van der Waals surface area contributed by atoms with E-state index in [0.717, 1.165) is 25.7 Å². The fourth-order valence-corrected chi connectivity index (χ4v) is 1.55. The van der Waals surface area contributed by atoms with Crippen LogP contribution in [0.4, 0.5) is 4.79 Å². The molecule has 1 aliphatic carbocycles. The summed E-state index contributed by atoms with van der Waals surface area (Å²) in [5.41, 5.74) is 10.6. The zero-order valence-electron chi connectivity index (χ0n) is 7.16. The standard InChI is InChI=1S/C8H16N2O2/c9-7-3-1-6(2-4-7)5-12-8(10)11/h6-7H,1-5,9H2,(H2,10,11)/t6-,7-. The highest BCUT2D eigenvalue weighted by atomic mass is 16.5. The molecule has 0 bridgehead atoms. The second-order valence-electron chi connectivity index (χ2n) is 3.41. The Morgan fingerprint density at radius 1 is 1.33 bits per heavy atom.